The number of ether oxygens (including phenoxy) is 1. The van der Waals surface area contributed by atoms with Crippen LogP contribution in [0.5, 0.6) is 0 Å². The van der Waals surface area contributed by atoms with Crippen LogP contribution in [0, 0.1) is 0 Å². The summed E-state index contributed by atoms with van der Waals surface area (Å²) in [6.45, 7) is 1.78. The molecular formula is C23H25F6N5O2. The monoisotopic (exact) mass is 517 g/mol. The summed E-state index contributed by atoms with van der Waals surface area (Å²) in [6.07, 6.45) is -9.87. The van der Waals surface area contributed by atoms with E-state index in [1.807, 2.05) is 30.3 Å². The van der Waals surface area contributed by atoms with E-state index in [0.717, 1.165) is 5.56 Å². The highest BCUT2D eigenvalue weighted by molar-refractivity contribution is 5.74. The van der Waals surface area contributed by atoms with Crippen molar-refractivity contribution < 1.29 is 35.9 Å². The smallest absolute Gasteiger partial charge is 0.372 e. The lowest BCUT2D eigenvalue weighted by Gasteiger charge is -2.43. The average molecular weight is 517 g/mol. The molecule has 2 aromatic carbocycles. The van der Waals surface area contributed by atoms with Crippen LogP contribution >= 0.6 is 0 Å². The third kappa shape index (κ3) is 5.59. The number of halogens is 6. The van der Waals surface area contributed by atoms with E-state index >= 15 is 0 Å². The standard InChI is InChI=1S/C23H25F6N5O2/c1-14(15-9-17(22(24,25)26)11-18(10-15)23(27,28)29)36-13-21(16-5-3-2-4-6-16)8-7-19(12-30-21)34-20(35)31-32-33-34/h2-6,9-11,14,19,30,32-33H,7-8,12-13H2,1H3,(H,31,35). The number of piperidine rings is 1. The molecule has 196 valence electrons. The van der Waals surface area contributed by atoms with E-state index in [1.54, 1.807) is 0 Å². The van der Waals surface area contributed by atoms with Crippen molar-refractivity contribution >= 4 is 6.03 Å². The molecule has 2 saturated heterocycles. The highest BCUT2D eigenvalue weighted by Crippen LogP contribution is 2.39. The first-order chi connectivity index (χ1) is 16.9. The van der Waals surface area contributed by atoms with Crippen molar-refractivity contribution in [2.75, 3.05) is 13.2 Å². The summed E-state index contributed by atoms with van der Waals surface area (Å²) in [5.74, 6) is 0. The van der Waals surface area contributed by atoms with Gasteiger partial charge in [0.1, 0.15) is 0 Å². The first kappa shape index (κ1) is 26.2. The van der Waals surface area contributed by atoms with E-state index in [4.69, 9.17) is 4.74 Å². The number of hydrogen-bond donors (Lipinski definition) is 4. The first-order valence-corrected chi connectivity index (χ1v) is 11.2. The number of alkyl halides is 6. The highest BCUT2D eigenvalue weighted by Gasteiger charge is 2.41. The molecule has 2 heterocycles. The number of nitrogens with zero attached hydrogens (tertiary/aromatic N) is 1. The summed E-state index contributed by atoms with van der Waals surface area (Å²) in [7, 11) is 0. The Morgan fingerprint density at radius 3 is 2.19 bits per heavy atom. The summed E-state index contributed by atoms with van der Waals surface area (Å²) >= 11 is 0. The van der Waals surface area contributed by atoms with Gasteiger partial charge in [0.05, 0.1) is 35.4 Å². The number of rotatable bonds is 6. The molecule has 2 aromatic rings. The third-order valence-corrected chi connectivity index (χ3v) is 6.50. The molecule has 0 saturated carbocycles. The van der Waals surface area contributed by atoms with Gasteiger partial charge in [-0.15, -0.1) is 11.1 Å². The SMILES string of the molecule is CC(OCC1(c2ccccc2)CCC(N2NNNC2=O)CN1)c1cc(C(F)(F)F)cc(C(F)(F)F)c1. The van der Waals surface area contributed by atoms with E-state index in [1.165, 1.54) is 11.9 Å². The summed E-state index contributed by atoms with van der Waals surface area (Å²) < 4.78 is 85.7. The van der Waals surface area contributed by atoms with Crippen molar-refractivity contribution in [3.05, 3.63) is 70.8 Å². The molecule has 0 aliphatic carbocycles. The normalized spacial score (nSPS) is 24.0. The number of hydrazine groups is 3. The van der Waals surface area contributed by atoms with Crippen molar-refractivity contribution in [1.82, 2.24) is 26.8 Å². The fraction of sp³-hybridized carbons (Fsp3) is 0.435. The number of nitrogens with one attached hydrogen (secondary N) is 4. The number of carbonyl (C=O) groups is 1. The van der Waals surface area contributed by atoms with E-state index in [9.17, 15) is 31.1 Å². The molecule has 0 bridgehead atoms. The molecule has 4 N–H and O–H groups in total. The summed E-state index contributed by atoms with van der Waals surface area (Å²) in [5, 5.41) is 4.81. The number of carbonyl (C=O) groups excluding carboxylic acids is 1. The number of amides is 2. The van der Waals surface area contributed by atoms with Gasteiger partial charge in [-0.3, -0.25) is 5.43 Å². The summed E-state index contributed by atoms with van der Waals surface area (Å²) in [6, 6.07) is 10.2. The lowest BCUT2D eigenvalue weighted by atomic mass is 9.81. The Balaban J connectivity index is 1.55. The molecule has 2 fully saturated rings. The van der Waals surface area contributed by atoms with Gasteiger partial charge in [-0.1, -0.05) is 30.3 Å². The Labute approximate surface area is 203 Å². The Morgan fingerprint density at radius 2 is 1.69 bits per heavy atom. The van der Waals surface area contributed by atoms with Crippen LogP contribution in [-0.2, 0) is 22.6 Å². The minimum atomic E-state index is -4.94. The molecule has 13 heteroatoms. The average Bonchev–Trinajstić information content (AvgIpc) is 3.27. The van der Waals surface area contributed by atoms with Crippen molar-refractivity contribution in [3.63, 3.8) is 0 Å². The lowest BCUT2D eigenvalue weighted by Crippen LogP contribution is -2.59. The van der Waals surface area contributed by atoms with E-state index in [2.05, 4.69) is 21.8 Å². The van der Waals surface area contributed by atoms with Crippen LogP contribution in [0.1, 0.15) is 48.1 Å². The predicted octanol–water partition coefficient (Wildman–Crippen LogP) is 4.40. The van der Waals surface area contributed by atoms with Gasteiger partial charge in [-0.25, -0.2) is 9.80 Å². The largest absolute Gasteiger partial charge is 0.416 e. The Kier molecular flexibility index (Phi) is 7.19. The molecule has 4 rings (SSSR count). The zero-order valence-electron chi connectivity index (χ0n) is 19.1. The quantitative estimate of drug-likeness (QED) is 0.428. The Morgan fingerprint density at radius 1 is 1.06 bits per heavy atom. The molecule has 2 aliphatic rings. The van der Waals surface area contributed by atoms with Crippen molar-refractivity contribution in [2.45, 2.75) is 49.8 Å². The van der Waals surface area contributed by atoms with Crippen LogP contribution in [0.4, 0.5) is 31.1 Å². The summed E-state index contributed by atoms with van der Waals surface area (Å²) in [5.41, 5.74) is 4.76. The molecule has 0 aromatic heterocycles. The maximum absolute atomic E-state index is 13.3. The second-order valence-electron chi connectivity index (χ2n) is 8.85. The second kappa shape index (κ2) is 9.88. The van der Waals surface area contributed by atoms with Gasteiger partial charge in [0.2, 0.25) is 0 Å². The first-order valence-electron chi connectivity index (χ1n) is 11.2. The number of benzene rings is 2. The molecule has 0 spiro atoms. The molecular weight excluding hydrogens is 492 g/mol. The van der Waals surface area contributed by atoms with E-state index in [-0.39, 0.29) is 30.3 Å². The van der Waals surface area contributed by atoms with Gasteiger partial charge >= 0.3 is 18.4 Å². The predicted molar refractivity (Wildman–Crippen MR) is 117 cm³/mol. The van der Waals surface area contributed by atoms with Crippen LogP contribution < -0.4 is 21.8 Å². The van der Waals surface area contributed by atoms with Gasteiger partial charge in [0.25, 0.3) is 0 Å². The second-order valence-corrected chi connectivity index (χ2v) is 8.85. The minimum absolute atomic E-state index is 0.0135. The molecule has 3 unspecified atom stereocenters. The minimum Gasteiger partial charge on any atom is -0.372 e. The van der Waals surface area contributed by atoms with Gasteiger partial charge < -0.3 is 10.1 Å². The van der Waals surface area contributed by atoms with Crippen molar-refractivity contribution in [3.8, 4) is 0 Å². The Bertz CT molecular complexity index is 1040. The zero-order valence-corrected chi connectivity index (χ0v) is 19.1. The highest BCUT2D eigenvalue weighted by atomic mass is 19.4. The van der Waals surface area contributed by atoms with Crippen LogP contribution in [-0.4, -0.2) is 30.2 Å². The third-order valence-electron chi connectivity index (χ3n) is 6.50. The molecule has 7 nitrogen and oxygen atoms in total. The number of hydrogen-bond acceptors (Lipinski definition) is 5. The maximum atomic E-state index is 13.3. The summed E-state index contributed by atoms with van der Waals surface area (Å²) in [4.78, 5) is 12.0. The molecule has 36 heavy (non-hydrogen) atoms. The fourth-order valence-corrected chi connectivity index (χ4v) is 4.43. The molecule has 2 amide bonds. The molecule has 2 aliphatic heterocycles. The zero-order chi connectivity index (χ0) is 26.1. The molecule has 3 atom stereocenters. The van der Waals surface area contributed by atoms with Crippen molar-refractivity contribution in [2.24, 2.45) is 0 Å². The molecule has 0 radical (unpaired) electrons. The number of urea groups is 1. The van der Waals surface area contributed by atoms with Gasteiger partial charge in [-0.2, -0.15) is 26.3 Å². The van der Waals surface area contributed by atoms with Crippen LogP contribution in [0.15, 0.2) is 48.5 Å². The van der Waals surface area contributed by atoms with Gasteiger partial charge in [-0.05, 0) is 49.1 Å². The lowest BCUT2D eigenvalue weighted by molar-refractivity contribution is -0.143. The van der Waals surface area contributed by atoms with E-state index < -0.39 is 35.1 Å². The maximum Gasteiger partial charge on any atom is 0.416 e. The van der Waals surface area contributed by atoms with Gasteiger partial charge in [0.15, 0.2) is 0 Å². The van der Waals surface area contributed by atoms with Crippen LogP contribution in [0.25, 0.3) is 0 Å². The van der Waals surface area contributed by atoms with Gasteiger partial charge in [0, 0.05) is 6.54 Å². The van der Waals surface area contributed by atoms with Crippen LogP contribution in [0.3, 0.4) is 0 Å². The Hall–Kier alpha value is -2.87. The topological polar surface area (TPSA) is 77.7 Å². The van der Waals surface area contributed by atoms with Crippen molar-refractivity contribution in [1.29, 1.82) is 0 Å². The fourth-order valence-electron chi connectivity index (χ4n) is 4.43. The van der Waals surface area contributed by atoms with E-state index in [0.29, 0.717) is 31.5 Å². The van der Waals surface area contributed by atoms with Crippen LogP contribution in [0.2, 0.25) is 0 Å².